The van der Waals surface area contributed by atoms with Gasteiger partial charge >= 0.3 is 0 Å². The van der Waals surface area contributed by atoms with Gasteiger partial charge in [-0.3, -0.25) is 9.59 Å². The summed E-state index contributed by atoms with van der Waals surface area (Å²) in [7, 11) is 0. The van der Waals surface area contributed by atoms with Gasteiger partial charge in [0, 0.05) is 31.7 Å². The first kappa shape index (κ1) is 21.4. The number of benzene rings is 1. The summed E-state index contributed by atoms with van der Waals surface area (Å²) >= 11 is 0. The van der Waals surface area contributed by atoms with Crippen molar-refractivity contribution in [1.82, 2.24) is 4.90 Å². The Morgan fingerprint density at radius 3 is 2.32 bits per heavy atom. The lowest BCUT2D eigenvalue weighted by Crippen LogP contribution is -2.54. The summed E-state index contributed by atoms with van der Waals surface area (Å²) in [6.07, 6.45) is 0.862. The Hall–Kier alpha value is -1.66. The molecule has 1 saturated heterocycles. The fourth-order valence-electron chi connectivity index (χ4n) is 2.86. The minimum atomic E-state index is -0.479. The number of nitrogens with two attached hydrogens (primary N) is 1. The average Bonchev–Trinajstić information content (AvgIpc) is 2.59. The van der Waals surface area contributed by atoms with Crippen LogP contribution in [0.1, 0.15) is 37.6 Å². The van der Waals surface area contributed by atoms with E-state index in [2.05, 4.69) is 0 Å². The van der Waals surface area contributed by atoms with Gasteiger partial charge in [0.2, 0.25) is 5.91 Å². The number of carbonyl (C=O) groups is 2. The molecule has 0 radical (unpaired) electrons. The lowest BCUT2D eigenvalue weighted by atomic mass is 9.98. The quantitative estimate of drug-likeness (QED) is 0.807. The van der Waals surface area contributed by atoms with Gasteiger partial charge in [-0.15, -0.1) is 12.4 Å². The topological polar surface area (TPSA) is 66.6 Å². The van der Waals surface area contributed by atoms with Gasteiger partial charge in [0.25, 0.3) is 0 Å². The predicted molar refractivity (Wildman–Crippen MR) is 99.9 cm³/mol. The third-order valence-electron chi connectivity index (χ3n) is 4.83. The lowest BCUT2D eigenvalue weighted by Gasteiger charge is -2.37. The molecule has 0 saturated carbocycles. The molecule has 2 rings (SSSR count). The molecule has 0 spiro atoms. The van der Waals surface area contributed by atoms with Crippen molar-refractivity contribution in [3.63, 3.8) is 0 Å². The zero-order valence-corrected chi connectivity index (χ0v) is 15.8. The number of rotatable bonds is 5. The molecule has 1 fully saturated rings. The van der Waals surface area contributed by atoms with Crippen LogP contribution in [0.5, 0.6) is 0 Å². The average molecular weight is 372 g/mol. The smallest absolute Gasteiger partial charge is 0.239 e. The van der Waals surface area contributed by atoms with Crippen LogP contribution in [0.2, 0.25) is 0 Å². The predicted octanol–water partition coefficient (Wildman–Crippen LogP) is 2.47. The number of nitrogens with zero attached hydrogens (tertiary/aromatic N) is 2. The second kappa shape index (κ2) is 9.15. The molecule has 140 valence electrons. The van der Waals surface area contributed by atoms with Crippen molar-refractivity contribution in [3.8, 4) is 0 Å². The number of hydrogen-bond donors (Lipinski definition) is 1. The third kappa shape index (κ3) is 4.92. The van der Waals surface area contributed by atoms with E-state index in [1.54, 1.807) is 17.0 Å². The molecule has 0 aromatic heterocycles. The maximum atomic E-state index is 14.2. The highest BCUT2D eigenvalue weighted by molar-refractivity contribution is 5.94. The standard InChI is InChI=1S/C18H26FN3O2.ClH/c1-4-12(2)17(20)18(24)22-9-7-21(8-10-22)16-6-5-14(13(3)23)11-15(16)19;/h5-6,11-12,17H,4,7-10,20H2,1-3H3;1H. The van der Waals surface area contributed by atoms with E-state index in [9.17, 15) is 14.0 Å². The number of ketones is 1. The molecule has 2 unspecified atom stereocenters. The molecule has 1 aliphatic heterocycles. The van der Waals surface area contributed by atoms with Gasteiger partial charge in [-0.1, -0.05) is 20.3 Å². The molecular weight excluding hydrogens is 345 g/mol. The van der Waals surface area contributed by atoms with Crippen molar-refractivity contribution in [3.05, 3.63) is 29.6 Å². The van der Waals surface area contributed by atoms with Gasteiger partial charge in [0.05, 0.1) is 11.7 Å². The zero-order valence-electron chi connectivity index (χ0n) is 15.0. The molecule has 1 aromatic carbocycles. The van der Waals surface area contributed by atoms with Crippen molar-refractivity contribution in [2.75, 3.05) is 31.1 Å². The van der Waals surface area contributed by atoms with E-state index < -0.39 is 11.9 Å². The molecule has 7 heteroatoms. The summed E-state index contributed by atoms with van der Waals surface area (Å²) in [5, 5.41) is 0. The van der Waals surface area contributed by atoms with Crippen LogP contribution in [0.25, 0.3) is 0 Å². The Balaban J connectivity index is 0.00000312. The van der Waals surface area contributed by atoms with Crippen molar-refractivity contribution >= 4 is 29.8 Å². The first-order chi connectivity index (χ1) is 11.3. The molecule has 2 atom stereocenters. The monoisotopic (exact) mass is 371 g/mol. The van der Waals surface area contributed by atoms with Gasteiger partial charge in [0.15, 0.2) is 5.78 Å². The van der Waals surface area contributed by atoms with Crippen LogP contribution in [0.3, 0.4) is 0 Å². The Bertz CT molecular complexity index is 618. The van der Waals surface area contributed by atoms with Crippen LogP contribution in [0, 0.1) is 11.7 Å². The molecule has 0 bridgehead atoms. The number of anilines is 1. The summed E-state index contributed by atoms with van der Waals surface area (Å²) in [5.41, 5.74) is 6.86. The Kier molecular flexibility index (Phi) is 7.83. The van der Waals surface area contributed by atoms with Crippen LogP contribution >= 0.6 is 12.4 Å². The normalized spacial score (nSPS) is 16.8. The van der Waals surface area contributed by atoms with Crippen molar-refractivity contribution < 1.29 is 14.0 Å². The molecule has 2 N–H and O–H groups in total. The number of Topliss-reactive ketones (excluding diaryl/α,β-unsaturated/α-hetero) is 1. The number of piperazine rings is 1. The van der Waals surface area contributed by atoms with Gasteiger partial charge < -0.3 is 15.5 Å². The highest BCUT2D eigenvalue weighted by Crippen LogP contribution is 2.22. The molecule has 1 aromatic rings. The lowest BCUT2D eigenvalue weighted by molar-refractivity contribution is -0.134. The van der Waals surface area contributed by atoms with Crippen LogP contribution in [-0.2, 0) is 4.79 Å². The molecular formula is C18H27ClFN3O2. The van der Waals surface area contributed by atoms with E-state index in [0.717, 1.165) is 6.42 Å². The van der Waals surface area contributed by atoms with Gasteiger partial charge in [-0.2, -0.15) is 0 Å². The number of halogens is 2. The van der Waals surface area contributed by atoms with Crippen LogP contribution < -0.4 is 10.6 Å². The van der Waals surface area contributed by atoms with Crippen molar-refractivity contribution in [2.45, 2.75) is 33.2 Å². The van der Waals surface area contributed by atoms with E-state index in [-0.39, 0.29) is 30.0 Å². The number of hydrogen-bond acceptors (Lipinski definition) is 4. The van der Waals surface area contributed by atoms with E-state index >= 15 is 0 Å². The maximum Gasteiger partial charge on any atom is 0.239 e. The summed E-state index contributed by atoms with van der Waals surface area (Å²) in [6.45, 7) is 7.56. The minimum Gasteiger partial charge on any atom is -0.366 e. The van der Waals surface area contributed by atoms with Gasteiger partial charge in [-0.05, 0) is 31.0 Å². The largest absolute Gasteiger partial charge is 0.366 e. The number of amides is 1. The minimum absolute atomic E-state index is 0. The molecule has 1 aliphatic rings. The highest BCUT2D eigenvalue weighted by Gasteiger charge is 2.28. The van der Waals surface area contributed by atoms with E-state index in [4.69, 9.17) is 5.73 Å². The molecule has 25 heavy (non-hydrogen) atoms. The van der Waals surface area contributed by atoms with Gasteiger partial charge in [-0.25, -0.2) is 4.39 Å². The Morgan fingerprint density at radius 1 is 1.24 bits per heavy atom. The summed E-state index contributed by atoms with van der Waals surface area (Å²) < 4.78 is 14.2. The van der Waals surface area contributed by atoms with E-state index in [1.165, 1.54) is 13.0 Å². The second-order valence-corrected chi connectivity index (χ2v) is 6.45. The summed E-state index contributed by atoms with van der Waals surface area (Å²) in [5.74, 6) is -0.447. The number of carbonyl (C=O) groups excluding carboxylic acids is 2. The fourth-order valence-corrected chi connectivity index (χ4v) is 2.86. The third-order valence-corrected chi connectivity index (χ3v) is 4.83. The van der Waals surface area contributed by atoms with Crippen LogP contribution in [0.15, 0.2) is 18.2 Å². The Morgan fingerprint density at radius 2 is 1.84 bits per heavy atom. The highest BCUT2D eigenvalue weighted by atomic mass is 35.5. The molecule has 5 nitrogen and oxygen atoms in total. The van der Waals surface area contributed by atoms with E-state index in [0.29, 0.717) is 37.4 Å². The van der Waals surface area contributed by atoms with Crippen molar-refractivity contribution in [2.24, 2.45) is 11.7 Å². The van der Waals surface area contributed by atoms with Crippen LogP contribution in [0.4, 0.5) is 10.1 Å². The van der Waals surface area contributed by atoms with Crippen molar-refractivity contribution in [1.29, 1.82) is 0 Å². The first-order valence-electron chi connectivity index (χ1n) is 8.45. The van der Waals surface area contributed by atoms with Crippen LogP contribution in [-0.4, -0.2) is 48.8 Å². The van der Waals surface area contributed by atoms with Gasteiger partial charge in [0.1, 0.15) is 5.82 Å². The summed E-state index contributed by atoms with van der Waals surface area (Å²) in [4.78, 5) is 27.4. The Labute approximate surface area is 154 Å². The molecule has 1 amide bonds. The maximum absolute atomic E-state index is 14.2. The molecule has 0 aliphatic carbocycles. The first-order valence-corrected chi connectivity index (χ1v) is 8.45. The second-order valence-electron chi connectivity index (χ2n) is 6.45. The molecule has 1 heterocycles. The summed E-state index contributed by atoms with van der Waals surface area (Å²) in [6, 6.07) is 4.06. The fraction of sp³-hybridized carbons (Fsp3) is 0.556. The zero-order chi connectivity index (χ0) is 17.9. The SMILES string of the molecule is CCC(C)C(N)C(=O)N1CCN(c2ccc(C(C)=O)cc2F)CC1.Cl. The van der Waals surface area contributed by atoms with E-state index in [1.807, 2.05) is 18.7 Å².